The summed E-state index contributed by atoms with van der Waals surface area (Å²) in [6.07, 6.45) is 2.95. The molecule has 1 fully saturated rings. The summed E-state index contributed by atoms with van der Waals surface area (Å²) in [5, 5.41) is 13.3. The van der Waals surface area contributed by atoms with Gasteiger partial charge < -0.3 is 19.9 Å². The van der Waals surface area contributed by atoms with Gasteiger partial charge in [-0.2, -0.15) is 0 Å². The highest BCUT2D eigenvalue weighted by atomic mass is 16.5. The van der Waals surface area contributed by atoms with Gasteiger partial charge in [0.05, 0.1) is 19.3 Å². The van der Waals surface area contributed by atoms with Crippen molar-refractivity contribution in [1.29, 1.82) is 0 Å². The third-order valence-electron chi connectivity index (χ3n) is 3.60. The van der Waals surface area contributed by atoms with E-state index in [2.05, 4.69) is 5.32 Å². The van der Waals surface area contributed by atoms with Crippen LogP contribution >= 0.6 is 0 Å². The Hall–Kier alpha value is -1.26. The Morgan fingerprint density at radius 2 is 2.11 bits per heavy atom. The summed E-state index contributed by atoms with van der Waals surface area (Å²) in [4.78, 5) is 0. The van der Waals surface area contributed by atoms with Crippen molar-refractivity contribution in [3.63, 3.8) is 0 Å². The standard InChI is InChI=1S/C15H23NO3/c1-3-19-13-6-5-12(9-14(13)18-2)10-16-11-15(17)7-4-8-15/h5-6,9,16-17H,3-4,7-8,10-11H2,1-2H3. The maximum Gasteiger partial charge on any atom is 0.161 e. The van der Waals surface area contributed by atoms with E-state index in [1.54, 1.807) is 7.11 Å². The van der Waals surface area contributed by atoms with Crippen LogP contribution in [0.1, 0.15) is 31.7 Å². The molecule has 0 radical (unpaired) electrons. The van der Waals surface area contributed by atoms with E-state index in [0.29, 0.717) is 13.2 Å². The van der Waals surface area contributed by atoms with E-state index in [1.807, 2.05) is 25.1 Å². The average molecular weight is 265 g/mol. The normalized spacial score (nSPS) is 16.8. The predicted octanol–water partition coefficient (Wildman–Crippen LogP) is 2.10. The zero-order valence-electron chi connectivity index (χ0n) is 11.7. The summed E-state index contributed by atoms with van der Waals surface area (Å²) in [7, 11) is 1.64. The Labute approximate surface area is 114 Å². The highest BCUT2D eigenvalue weighted by molar-refractivity contribution is 5.42. The maximum absolute atomic E-state index is 10.00. The second-order valence-electron chi connectivity index (χ2n) is 5.10. The van der Waals surface area contributed by atoms with E-state index in [0.717, 1.165) is 42.9 Å². The molecule has 4 heteroatoms. The molecule has 0 saturated heterocycles. The van der Waals surface area contributed by atoms with Crippen LogP contribution in [0.15, 0.2) is 18.2 Å². The van der Waals surface area contributed by atoms with Crippen LogP contribution in [0.25, 0.3) is 0 Å². The van der Waals surface area contributed by atoms with Gasteiger partial charge in [0.15, 0.2) is 11.5 Å². The van der Waals surface area contributed by atoms with Crippen molar-refractivity contribution >= 4 is 0 Å². The summed E-state index contributed by atoms with van der Waals surface area (Å²) in [5.41, 5.74) is 0.651. The third-order valence-corrected chi connectivity index (χ3v) is 3.60. The molecule has 0 unspecified atom stereocenters. The molecule has 0 spiro atoms. The van der Waals surface area contributed by atoms with Gasteiger partial charge in [-0.1, -0.05) is 6.07 Å². The fraction of sp³-hybridized carbons (Fsp3) is 0.600. The van der Waals surface area contributed by atoms with E-state index in [-0.39, 0.29) is 0 Å². The van der Waals surface area contributed by atoms with Gasteiger partial charge in [-0.25, -0.2) is 0 Å². The Bertz CT molecular complexity index is 416. The molecule has 1 saturated carbocycles. The van der Waals surface area contributed by atoms with Crippen LogP contribution in [0, 0.1) is 0 Å². The monoisotopic (exact) mass is 265 g/mol. The van der Waals surface area contributed by atoms with E-state index in [9.17, 15) is 5.11 Å². The van der Waals surface area contributed by atoms with Crippen LogP contribution in [0.4, 0.5) is 0 Å². The van der Waals surface area contributed by atoms with Crippen molar-refractivity contribution < 1.29 is 14.6 Å². The molecule has 1 aromatic rings. The number of hydrogen-bond donors (Lipinski definition) is 2. The van der Waals surface area contributed by atoms with Crippen molar-refractivity contribution in [3.8, 4) is 11.5 Å². The van der Waals surface area contributed by atoms with Crippen LogP contribution in [0.3, 0.4) is 0 Å². The number of methoxy groups -OCH3 is 1. The molecule has 0 atom stereocenters. The summed E-state index contributed by atoms with van der Waals surface area (Å²) in [5.74, 6) is 1.52. The Balaban J connectivity index is 1.89. The molecule has 0 aromatic heterocycles. The molecule has 0 aliphatic heterocycles. The number of benzene rings is 1. The molecule has 1 aliphatic carbocycles. The molecular weight excluding hydrogens is 242 g/mol. The number of hydrogen-bond acceptors (Lipinski definition) is 4. The lowest BCUT2D eigenvalue weighted by atomic mass is 9.80. The first-order valence-corrected chi connectivity index (χ1v) is 6.90. The molecule has 0 bridgehead atoms. The second-order valence-corrected chi connectivity index (χ2v) is 5.10. The zero-order chi connectivity index (χ0) is 13.7. The van der Waals surface area contributed by atoms with Crippen LogP contribution in [-0.2, 0) is 6.54 Å². The van der Waals surface area contributed by atoms with Crippen LogP contribution in [0.5, 0.6) is 11.5 Å². The Morgan fingerprint density at radius 1 is 1.32 bits per heavy atom. The number of rotatable bonds is 7. The summed E-state index contributed by atoms with van der Waals surface area (Å²) >= 11 is 0. The summed E-state index contributed by atoms with van der Waals surface area (Å²) < 4.78 is 10.8. The van der Waals surface area contributed by atoms with Crippen molar-refractivity contribution in [3.05, 3.63) is 23.8 Å². The van der Waals surface area contributed by atoms with Gasteiger partial charge in [-0.15, -0.1) is 0 Å². The van der Waals surface area contributed by atoms with Gasteiger partial charge in [0.1, 0.15) is 0 Å². The molecule has 4 nitrogen and oxygen atoms in total. The highest BCUT2D eigenvalue weighted by Gasteiger charge is 2.33. The van der Waals surface area contributed by atoms with Crippen LogP contribution in [-0.4, -0.2) is 31.0 Å². The molecule has 2 rings (SSSR count). The summed E-state index contributed by atoms with van der Waals surface area (Å²) in [6.45, 7) is 3.96. The predicted molar refractivity (Wildman–Crippen MR) is 74.7 cm³/mol. The molecule has 0 amide bonds. The first kappa shape index (κ1) is 14.2. The molecule has 106 valence electrons. The smallest absolute Gasteiger partial charge is 0.161 e. The quantitative estimate of drug-likeness (QED) is 0.792. The number of nitrogens with one attached hydrogen (secondary N) is 1. The number of aliphatic hydroxyl groups is 1. The topological polar surface area (TPSA) is 50.7 Å². The average Bonchev–Trinajstić information content (AvgIpc) is 2.38. The lowest BCUT2D eigenvalue weighted by Gasteiger charge is -2.36. The van der Waals surface area contributed by atoms with Crippen molar-refractivity contribution in [1.82, 2.24) is 5.32 Å². The second kappa shape index (κ2) is 6.26. The highest BCUT2D eigenvalue weighted by Crippen LogP contribution is 2.31. The van der Waals surface area contributed by atoms with Gasteiger partial charge in [0, 0.05) is 13.1 Å². The molecule has 2 N–H and O–H groups in total. The fourth-order valence-electron chi connectivity index (χ4n) is 2.30. The van der Waals surface area contributed by atoms with Crippen molar-refractivity contribution in [2.24, 2.45) is 0 Å². The van der Waals surface area contributed by atoms with Crippen molar-refractivity contribution in [2.45, 2.75) is 38.3 Å². The molecule has 0 heterocycles. The van der Waals surface area contributed by atoms with Crippen LogP contribution in [0.2, 0.25) is 0 Å². The minimum atomic E-state index is -0.477. The molecular formula is C15H23NO3. The Morgan fingerprint density at radius 3 is 2.68 bits per heavy atom. The lowest BCUT2D eigenvalue weighted by Crippen LogP contribution is -2.45. The van der Waals surface area contributed by atoms with Gasteiger partial charge in [0.25, 0.3) is 0 Å². The van der Waals surface area contributed by atoms with Gasteiger partial charge in [-0.05, 0) is 43.9 Å². The third kappa shape index (κ3) is 3.61. The lowest BCUT2D eigenvalue weighted by molar-refractivity contribution is -0.0314. The Kier molecular flexibility index (Phi) is 4.66. The van der Waals surface area contributed by atoms with Gasteiger partial charge in [-0.3, -0.25) is 0 Å². The van der Waals surface area contributed by atoms with Gasteiger partial charge in [0.2, 0.25) is 0 Å². The fourth-order valence-corrected chi connectivity index (χ4v) is 2.30. The SMILES string of the molecule is CCOc1ccc(CNCC2(O)CCC2)cc1OC. The molecule has 1 aromatic carbocycles. The zero-order valence-corrected chi connectivity index (χ0v) is 11.7. The molecule has 19 heavy (non-hydrogen) atoms. The van der Waals surface area contributed by atoms with Gasteiger partial charge >= 0.3 is 0 Å². The first-order valence-electron chi connectivity index (χ1n) is 6.90. The van der Waals surface area contributed by atoms with E-state index in [1.165, 1.54) is 0 Å². The largest absolute Gasteiger partial charge is 0.493 e. The van der Waals surface area contributed by atoms with E-state index in [4.69, 9.17) is 9.47 Å². The minimum Gasteiger partial charge on any atom is -0.493 e. The van der Waals surface area contributed by atoms with E-state index < -0.39 is 5.60 Å². The summed E-state index contributed by atoms with van der Waals surface area (Å²) in [6, 6.07) is 5.92. The minimum absolute atomic E-state index is 0.477. The number of ether oxygens (including phenoxy) is 2. The molecule has 1 aliphatic rings. The first-order chi connectivity index (χ1) is 9.17. The maximum atomic E-state index is 10.00. The van der Waals surface area contributed by atoms with Crippen LogP contribution < -0.4 is 14.8 Å². The van der Waals surface area contributed by atoms with E-state index >= 15 is 0 Å². The van der Waals surface area contributed by atoms with Crippen molar-refractivity contribution in [2.75, 3.05) is 20.3 Å².